The van der Waals surface area contributed by atoms with Gasteiger partial charge in [0.25, 0.3) is 5.91 Å². The fraction of sp³-hybridized carbons (Fsp3) is 0.562. The largest absolute Gasteiger partial charge is 0.507 e. The van der Waals surface area contributed by atoms with E-state index in [1.807, 2.05) is 34.6 Å². The average Bonchev–Trinajstić information content (AvgIpc) is 2.72. The summed E-state index contributed by atoms with van der Waals surface area (Å²) < 4.78 is 5.67. The van der Waals surface area contributed by atoms with E-state index in [4.69, 9.17) is 4.74 Å². The Labute approximate surface area is 120 Å². The van der Waals surface area contributed by atoms with Crippen molar-refractivity contribution in [3.05, 3.63) is 22.8 Å². The molecule has 1 aliphatic heterocycles. The number of phenols is 1. The summed E-state index contributed by atoms with van der Waals surface area (Å²) >= 11 is 0. The smallest absolute Gasteiger partial charge is 0.253 e. The van der Waals surface area contributed by atoms with Crippen LogP contribution in [-0.2, 0) is 9.53 Å². The molecule has 4 nitrogen and oxygen atoms in total. The van der Waals surface area contributed by atoms with Crippen LogP contribution in [0.2, 0.25) is 0 Å². The Balaban J connectivity index is 2.20. The van der Waals surface area contributed by atoms with Gasteiger partial charge in [-0.05, 0) is 62.8 Å². The molecule has 0 radical (unpaired) electrons. The maximum absolute atomic E-state index is 12.3. The monoisotopic (exact) mass is 277 g/mol. The molecule has 3 unspecified atom stereocenters. The lowest BCUT2D eigenvalue weighted by atomic mass is 10.00. The number of benzene rings is 1. The highest BCUT2D eigenvalue weighted by atomic mass is 16.5. The van der Waals surface area contributed by atoms with E-state index in [2.05, 4.69) is 5.32 Å². The number of carbonyl (C=O) groups excluding carboxylic acids is 1. The van der Waals surface area contributed by atoms with Gasteiger partial charge in [0.15, 0.2) is 0 Å². The molecule has 1 fully saturated rings. The molecule has 2 rings (SSSR count). The predicted octanol–water partition coefficient (Wildman–Crippen LogP) is 3.07. The van der Waals surface area contributed by atoms with E-state index >= 15 is 0 Å². The Hall–Kier alpha value is -1.55. The van der Waals surface area contributed by atoms with Gasteiger partial charge in [0.2, 0.25) is 0 Å². The number of anilines is 1. The lowest BCUT2D eigenvalue weighted by molar-refractivity contribution is -0.127. The van der Waals surface area contributed by atoms with Gasteiger partial charge in [-0.15, -0.1) is 0 Å². The summed E-state index contributed by atoms with van der Waals surface area (Å²) in [5.74, 6) is 0.415. The Kier molecular flexibility index (Phi) is 4.04. The second-order valence-electron chi connectivity index (χ2n) is 5.91. The maximum Gasteiger partial charge on any atom is 0.253 e. The van der Waals surface area contributed by atoms with Crippen molar-refractivity contribution in [3.8, 4) is 5.75 Å². The molecular weight excluding hydrogens is 254 g/mol. The highest BCUT2D eigenvalue weighted by Gasteiger charge is 2.35. The van der Waals surface area contributed by atoms with E-state index in [1.165, 1.54) is 0 Å². The minimum absolute atomic E-state index is 0.102. The molecule has 1 aliphatic rings. The van der Waals surface area contributed by atoms with Gasteiger partial charge in [0.05, 0.1) is 6.10 Å². The Morgan fingerprint density at radius 2 is 1.95 bits per heavy atom. The Bertz CT molecular complexity index is 539. The number of aromatic hydroxyl groups is 1. The first-order valence-electron chi connectivity index (χ1n) is 7.07. The Morgan fingerprint density at radius 3 is 2.50 bits per heavy atom. The molecule has 0 bridgehead atoms. The molecule has 2 N–H and O–H groups in total. The van der Waals surface area contributed by atoms with Gasteiger partial charge in [0, 0.05) is 5.69 Å². The predicted molar refractivity (Wildman–Crippen MR) is 79.1 cm³/mol. The highest BCUT2D eigenvalue weighted by Crippen LogP contribution is 2.32. The van der Waals surface area contributed by atoms with E-state index in [0.29, 0.717) is 5.75 Å². The van der Waals surface area contributed by atoms with Crippen molar-refractivity contribution in [2.24, 2.45) is 5.92 Å². The Morgan fingerprint density at radius 1 is 1.30 bits per heavy atom. The van der Waals surface area contributed by atoms with Crippen molar-refractivity contribution in [1.29, 1.82) is 0 Å². The third kappa shape index (κ3) is 2.66. The summed E-state index contributed by atoms with van der Waals surface area (Å²) in [5.41, 5.74) is 3.20. The number of hydrogen-bond donors (Lipinski definition) is 2. The van der Waals surface area contributed by atoms with Crippen molar-refractivity contribution in [2.75, 3.05) is 5.32 Å². The van der Waals surface area contributed by atoms with Crippen LogP contribution in [0.25, 0.3) is 0 Å². The van der Waals surface area contributed by atoms with Crippen molar-refractivity contribution >= 4 is 11.6 Å². The van der Waals surface area contributed by atoms with Crippen LogP contribution in [0, 0.1) is 26.7 Å². The minimum Gasteiger partial charge on any atom is -0.507 e. The number of ether oxygens (including phenoxy) is 1. The lowest BCUT2D eigenvalue weighted by Gasteiger charge is -2.18. The van der Waals surface area contributed by atoms with E-state index in [0.717, 1.165) is 28.8 Å². The van der Waals surface area contributed by atoms with E-state index in [9.17, 15) is 9.90 Å². The molecule has 1 aromatic carbocycles. The van der Waals surface area contributed by atoms with Crippen LogP contribution in [0.1, 0.15) is 37.0 Å². The van der Waals surface area contributed by atoms with Crippen LogP contribution in [0.4, 0.5) is 5.69 Å². The number of rotatable bonds is 2. The van der Waals surface area contributed by atoms with Crippen LogP contribution in [0.3, 0.4) is 0 Å². The standard InChI is InChI=1S/C16H23NO3/c1-8-7-13(11(4)12(5)14(8)18)17-16(19)15-9(2)6-10(3)20-15/h7,9-10,15,18H,6H2,1-5H3,(H,17,19). The van der Waals surface area contributed by atoms with Crippen molar-refractivity contribution in [3.63, 3.8) is 0 Å². The van der Waals surface area contributed by atoms with Gasteiger partial charge in [-0.3, -0.25) is 4.79 Å². The van der Waals surface area contributed by atoms with Crippen molar-refractivity contribution in [2.45, 2.75) is 53.2 Å². The molecule has 0 aliphatic carbocycles. The summed E-state index contributed by atoms with van der Waals surface area (Å²) in [6.07, 6.45) is 0.647. The molecule has 1 aromatic rings. The summed E-state index contributed by atoms with van der Waals surface area (Å²) in [6.45, 7) is 9.60. The molecule has 4 heteroatoms. The fourth-order valence-electron chi connectivity index (χ4n) is 2.81. The summed E-state index contributed by atoms with van der Waals surface area (Å²) in [5, 5.41) is 12.8. The van der Waals surface area contributed by atoms with E-state index in [1.54, 1.807) is 6.07 Å². The van der Waals surface area contributed by atoms with Crippen LogP contribution in [0.5, 0.6) is 5.75 Å². The molecule has 20 heavy (non-hydrogen) atoms. The second kappa shape index (κ2) is 5.44. The zero-order chi connectivity index (χ0) is 15.0. The maximum atomic E-state index is 12.3. The number of hydrogen-bond acceptors (Lipinski definition) is 3. The third-order valence-electron chi connectivity index (χ3n) is 4.17. The molecule has 1 saturated heterocycles. The zero-order valence-corrected chi connectivity index (χ0v) is 12.8. The number of amides is 1. The molecule has 0 aromatic heterocycles. The number of carbonyl (C=O) groups is 1. The SMILES string of the molecule is Cc1cc(NC(=O)C2OC(C)CC2C)c(C)c(C)c1O. The zero-order valence-electron chi connectivity index (χ0n) is 12.8. The molecule has 3 atom stereocenters. The van der Waals surface area contributed by atoms with Gasteiger partial charge in [-0.1, -0.05) is 6.92 Å². The van der Waals surface area contributed by atoms with Crippen molar-refractivity contribution < 1.29 is 14.6 Å². The van der Waals surface area contributed by atoms with Gasteiger partial charge in [-0.2, -0.15) is 0 Å². The van der Waals surface area contributed by atoms with Gasteiger partial charge >= 0.3 is 0 Å². The highest BCUT2D eigenvalue weighted by molar-refractivity contribution is 5.95. The first-order chi connectivity index (χ1) is 9.31. The average molecular weight is 277 g/mol. The second-order valence-corrected chi connectivity index (χ2v) is 5.91. The van der Waals surface area contributed by atoms with Gasteiger partial charge in [-0.25, -0.2) is 0 Å². The number of nitrogens with one attached hydrogen (secondary N) is 1. The normalized spacial score (nSPS) is 25.8. The number of aryl methyl sites for hydroxylation is 1. The molecule has 0 spiro atoms. The number of phenolic OH excluding ortho intramolecular Hbond substituents is 1. The first kappa shape index (κ1) is 14.9. The summed E-state index contributed by atoms with van der Waals surface area (Å²) in [7, 11) is 0. The molecule has 1 heterocycles. The third-order valence-corrected chi connectivity index (χ3v) is 4.17. The van der Waals surface area contributed by atoms with E-state index in [-0.39, 0.29) is 24.0 Å². The van der Waals surface area contributed by atoms with Crippen LogP contribution in [-0.4, -0.2) is 23.2 Å². The summed E-state index contributed by atoms with van der Waals surface area (Å²) in [6, 6.07) is 1.80. The van der Waals surface area contributed by atoms with E-state index < -0.39 is 0 Å². The molecule has 1 amide bonds. The summed E-state index contributed by atoms with van der Waals surface area (Å²) in [4.78, 5) is 12.3. The van der Waals surface area contributed by atoms with Crippen molar-refractivity contribution in [1.82, 2.24) is 0 Å². The molecule has 0 saturated carbocycles. The van der Waals surface area contributed by atoms with Crippen LogP contribution >= 0.6 is 0 Å². The quantitative estimate of drug-likeness (QED) is 0.817. The van der Waals surface area contributed by atoms with Crippen LogP contribution in [0.15, 0.2) is 6.07 Å². The van der Waals surface area contributed by atoms with Crippen LogP contribution < -0.4 is 5.32 Å². The molecule has 110 valence electrons. The minimum atomic E-state index is -0.390. The van der Waals surface area contributed by atoms with Gasteiger partial charge < -0.3 is 15.2 Å². The lowest BCUT2D eigenvalue weighted by Crippen LogP contribution is -2.32. The first-order valence-corrected chi connectivity index (χ1v) is 7.07. The topological polar surface area (TPSA) is 58.6 Å². The fourth-order valence-corrected chi connectivity index (χ4v) is 2.81. The van der Waals surface area contributed by atoms with Gasteiger partial charge in [0.1, 0.15) is 11.9 Å². The molecular formula is C16H23NO3.